The first-order valence-corrected chi connectivity index (χ1v) is 14.4. The zero-order chi connectivity index (χ0) is 27.9. The maximum Gasteiger partial charge on any atom is 0.407 e. The van der Waals surface area contributed by atoms with E-state index < -0.39 is 5.60 Å². The van der Waals surface area contributed by atoms with E-state index in [1.165, 1.54) is 11.1 Å². The highest BCUT2D eigenvalue weighted by Crippen LogP contribution is 2.09. The molecule has 0 saturated carbocycles. The average Bonchev–Trinajstić information content (AvgIpc) is 2.92. The molecule has 0 aliphatic carbocycles. The van der Waals surface area contributed by atoms with Crippen LogP contribution < -0.4 is 11.1 Å². The van der Waals surface area contributed by atoms with Crippen molar-refractivity contribution >= 4 is 6.09 Å². The van der Waals surface area contributed by atoms with Crippen molar-refractivity contribution in [2.75, 3.05) is 78.5 Å². The van der Waals surface area contributed by atoms with Crippen molar-refractivity contribution in [1.82, 2.24) is 24.9 Å². The molecule has 2 fully saturated rings. The highest BCUT2D eigenvalue weighted by atomic mass is 16.6. The zero-order valence-corrected chi connectivity index (χ0v) is 24.4. The van der Waals surface area contributed by atoms with Crippen LogP contribution in [-0.2, 0) is 17.8 Å². The van der Waals surface area contributed by atoms with Crippen molar-refractivity contribution in [3.63, 3.8) is 0 Å². The molecule has 216 valence electrons. The molecule has 2 heterocycles. The SMILES string of the molecule is CC(C)(C)OC(=O)NCCN1CCN(Cc2ccccc2)CC1.NCCN1CCN(Cc2ccccc2)CC1. The number of nitrogens with two attached hydrogens (primary N) is 1. The Morgan fingerprint density at radius 2 is 1.13 bits per heavy atom. The molecule has 0 spiro atoms. The number of carbonyl (C=O) groups is 1. The molecule has 0 bridgehead atoms. The molecule has 0 aromatic heterocycles. The monoisotopic (exact) mass is 538 g/mol. The molecule has 1 amide bonds. The fraction of sp³-hybridized carbons (Fsp3) is 0.581. The highest BCUT2D eigenvalue weighted by Gasteiger charge is 2.19. The molecule has 0 atom stereocenters. The number of rotatable bonds is 9. The van der Waals surface area contributed by atoms with Gasteiger partial charge in [-0.05, 0) is 31.9 Å². The van der Waals surface area contributed by atoms with Crippen molar-refractivity contribution in [3.8, 4) is 0 Å². The van der Waals surface area contributed by atoms with E-state index in [1.54, 1.807) is 0 Å². The zero-order valence-electron chi connectivity index (χ0n) is 24.4. The number of piperazine rings is 2. The first-order chi connectivity index (χ1) is 18.8. The van der Waals surface area contributed by atoms with Crippen molar-refractivity contribution in [1.29, 1.82) is 0 Å². The largest absolute Gasteiger partial charge is 0.444 e. The average molecular weight is 539 g/mol. The lowest BCUT2D eigenvalue weighted by atomic mass is 10.2. The smallest absolute Gasteiger partial charge is 0.407 e. The number of alkyl carbamates (subject to hydrolysis) is 1. The fourth-order valence-electron chi connectivity index (χ4n) is 4.84. The number of nitrogens with zero attached hydrogens (tertiary/aromatic N) is 4. The molecule has 8 heteroatoms. The van der Waals surface area contributed by atoms with Crippen molar-refractivity contribution in [2.24, 2.45) is 5.73 Å². The number of amides is 1. The van der Waals surface area contributed by atoms with E-state index >= 15 is 0 Å². The van der Waals surface area contributed by atoms with Crippen molar-refractivity contribution in [2.45, 2.75) is 39.5 Å². The molecule has 39 heavy (non-hydrogen) atoms. The van der Waals surface area contributed by atoms with Crippen LogP contribution in [0.1, 0.15) is 31.9 Å². The summed E-state index contributed by atoms with van der Waals surface area (Å²) in [6.07, 6.45) is -0.333. The van der Waals surface area contributed by atoms with E-state index in [4.69, 9.17) is 10.5 Å². The molecule has 3 N–H and O–H groups in total. The van der Waals surface area contributed by atoms with Crippen LogP contribution in [0.15, 0.2) is 60.7 Å². The second kappa shape index (κ2) is 16.6. The van der Waals surface area contributed by atoms with E-state index in [0.717, 1.165) is 85.1 Å². The molecule has 2 aromatic carbocycles. The lowest BCUT2D eigenvalue weighted by Crippen LogP contribution is -2.48. The maximum absolute atomic E-state index is 11.6. The Bertz CT molecular complexity index is 921. The van der Waals surface area contributed by atoms with Gasteiger partial charge in [0.1, 0.15) is 5.60 Å². The summed E-state index contributed by atoms with van der Waals surface area (Å²) in [5.74, 6) is 0. The molecule has 0 radical (unpaired) electrons. The third kappa shape index (κ3) is 12.9. The van der Waals surface area contributed by atoms with Crippen LogP contribution in [-0.4, -0.2) is 110 Å². The predicted octanol–water partition coefficient (Wildman–Crippen LogP) is 3.09. The van der Waals surface area contributed by atoms with Crippen LogP contribution in [0.25, 0.3) is 0 Å². The third-order valence-corrected chi connectivity index (χ3v) is 6.97. The van der Waals surface area contributed by atoms with Gasteiger partial charge >= 0.3 is 6.09 Å². The minimum absolute atomic E-state index is 0.333. The number of carbonyl (C=O) groups excluding carboxylic acids is 1. The molecule has 2 aromatic rings. The van der Waals surface area contributed by atoms with E-state index in [-0.39, 0.29) is 6.09 Å². The number of nitrogens with one attached hydrogen (secondary N) is 1. The van der Waals surface area contributed by atoms with Crippen LogP contribution in [0.2, 0.25) is 0 Å². The minimum Gasteiger partial charge on any atom is -0.444 e. The van der Waals surface area contributed by atoms with E-state index in [1.807, 2.05) is 20.8 Å². The first kappa shape index (κ1) is 31.0. The maximum atomic E-state index is 11.6. The van der Waals surface area contributed by atoms with E-state index in [9.17, 15) is 4.79 Å². The highest BCUT2D eigenvalue weighted by molar-refractivity contribution is 5.67. The second-order valence-electron chi connectivity index (χ2n) is 11.4. The summed E-state index contributed by atoms with van der Waals surface area (Å²) in [6.45, 7) is 19.9. The second-order valence-corrected chi connectivity index (χ2v) is 11.4. The molecule has 0 unspecified atom stereocenters. The van der Waals surface area contributed by atoms with Gasteiger partial charge < -0.3 is 15.8 Å². The number of hydrogen-bond acceptors (Lipinski definition) is 7. The van der Waals surface area contributed by atoms with Crippen molar-refractivity contribution in [3.05, 3.63) is 71.8 Å². The minimum atomic E-state index is -0.437. The Kier molecular flexibility index (Phi) is 13.2. The molecule has 8 nitrogen and oxygen atoms in total. The van der Waals surface area contributed by atoms with Gasteiger partial charge in [0, 0.05) is 91.6 Å². The van der Waals surface area contributed by atoms with Crippen LogP contribution in [0.3, 0.4) is 0 Å². The summed E-state index contributed by atoms with van der Waals surface area (Å²) in [6, 6.07) is 21.3. The summed E-state index contributed by atoms with van der Waals surface area (Å²) >= 11 is 0. The number of benzene rings is 2. The third-order valence-electron chi connectivity index (χ3n) is 6.97. The summed E-state index contributed by atoms with van der Waals surface area (Å²) in [5.41, 5.74) is 7.90. The van der Waals surface area contributed by atoms with E-state index in [0.29, 0.717) is 6.54 Å². The Morgan fingerprint density at radius 1 is 0.718 bits per heavy atom. The summed E-state index contributed by atoms with van der Waals surface area (Å²) in [7, 11) is 0. The fourth-order valence-corrected chi connectivity index (χ4v) is 4.84. The quantitative estimate of drug-likeness (QED) is 0.508. The Balaban J connectivity index is 0.000000230. The lowest BCUT2D eigenvalue weighted by molar-refractivity contribution is 0.0515. The molecule has 2 aliphatic heterocycles. The van der Waals surface area contributed by atoms with Gasteiger partial charge in [-0.15, -0.1) is 0 Å². The van der Waals surface area contributed by atoms with Gasteiger partial charge in [0.05, 0.1) is 0 Å². The summed E-state index contributed by atoms with van der Waals surface area (Å²) in [5, 5.41) is 2.82. The van der Waals surface area contributed by atoms with Gasteiger partial charge in [-0.25, -0.2) is 4.79 Å². The van der Waals surface area contributed by atoms with Crippen LogP contribution in [0, 0.1) is 0 Å². The van der Waals surface area contributed by atoms with Gasteiger partial charge in [-0.1, -0.05) is 60.7 Å². The van der Waals surface area contributed by atoms with E-state index in [2.05, 4.69) is 85.6 Å². The predicted molar refractivity (Wildman–Crippen MR) is 160 cm³/mol. The Labute approximate surface area is 236 Å². The van der Waals surface area contributed by atoms with Crippen molar-refractivity contribution < 1.29 is 9.53 Å². The van der Waals surface area contributed by atoms with Gasteiger partial charge in [0.15, 0.2) is 0 Å². The number of ether oxygens (including phenoxy) is 1. The lowest BCUT2D eigenvalue weighted by Gasteiger charge is -2.34. The van der Waals surface area contributed by atoms with Gasteiger partial charge in [0.2, 0.25) is 0 Å². The molecule has 4 rings (SSSR count). The standard InChI is InChI=1S/C18H29N3O2.C13H21N3/c1-18(2,3)23-17(22)19-9-10-20-11-13-21(14-12-20)15-16-7-5-4-6-8-16;14-6-7-15-8-10-16(11-9-15)12-13-4-2-1-3-5-13/h4-8H,9-15H2,1-3H3,(H,19,22);1-5H,6-12,14H2. The van der Waals surface area contributed by atoms with Gasteiger partial charge in [-0.2, -0.15) is 0 Å². The Hall–Kier alpha value is -2.49. The normalized spacial score (nSPS) is 17.7. The molecule has 2 aliphatic rings. The first-order valence-electron chi connectivity index (χ1n) is 14.4. The van der Waals surface area contributed by atoms with Gasteiger partial charge in [-0.3, -0.25) is 19.6 Å². The summed E-state index contributed by atoms with van der Waals surface area (Å²) < 4.78 is 5.23. The molecule has 2 saturated heterocycles. The van der Waals surface area contributed by atoms with Crippen LogP contribution >= 0.6 is 0 Å². The van der Waals surface area contributed by atoms with Crippen LogP contribution in [0.4, 0.5) is 4.79 Å². The van der Waals surface area contributed by atoms with Crippen LogP contribution in [0.5, 0.6) is 0 Å². The Morgan fingerprint density at radius 3 is 1.54 bits per heavy atom. The molecular weight excluding hydrogens is 488 g/mol. The molecular formula is C31H50N6O2. The topological polar surface area (TPSA) is 77.3 Å². The van der Waals surface area contributed by atoms with Gasteiger partial charge in [0.25, 0.3) is 0 Å². The summed E-state index contributed by atoms with van der Waals surface area (Å²) in [4.78, 5) is 21.4. The number of hydrogen-bond donors (Lipinski definition) is 2.